The van der Waals surface area contributed by atoms with E-state index in [4.69, 9.17) is 4.74 Å². The summed E-state index contributed by atoms with van der Waals surface area (Å²) < 4.78 is 21.0. The fourth-order valence-electron chi connectivity index (χ4n) is 4.39. The zero-order chi connectivity index (χ0) is 20.4. The summed E-state index contributed by atoms with van der Waals surface area (Å²) in [7, 11) is -1.71. The number of ether oxygens (including phenoxy) is 1. The van der Waals surface area contributed by atoms with E-state index in [1.165, 1.54) is 7.11 Å². The molecule has 29 heavy (non-hydrogen) atoms. The van der Waals surface area contributed by atoms with Crippen LogP contribution in [-0.4, -0.2) is 18.7 Å². The minimum Gasteiger partial charge on any atom is -0.469 e. The average molecular weight is 469 g/mol. The Kier molecular flexibility index (Phi) is 5.76. The Bertz CT molecular complexity index is 1020. The molecule has 0 aliphatic heterocycles. The van der Waals surface area contributed by atoms with Crippen molar-refractivity contribution in [2.75, 3.05) is 7.11 Å². The van der Waals surface area contributed by atoms with Crippen LogP contribution < -0.4 is 10.6 Å². The Morgan fingerprint density at radius 1 is 0.966 bits per heavy atom. The van der Waals surface area contributed by atoms with Crippen molar-refractivity contribution in [2.24, 2.45) is 0 Å². The van der Waals surface area contributed by atoms with Gasteiger partial charge < -0.3 is 9.30 Å². The van der Waals surface area contributed by atoms with E-state index in [1.807, 2.05) is 78.9 Å². The van der Waals surface area contributed by atoms with Crippen LogP contribution in [0.15, 0.2) is 83.3 Å². The zero-order valence-corrected chi connectivity index (χ0v) is 18.6. The monoisotopic (exact) mass is 468 g/mol. The van der Waals surface area contributed by atoms with Gasteiger partial charge in [0.25, 0.3) is 0 Å². The first-order chi connectivity index (χ1) is 14.1. The highest BCUT2D eigenvalue weighted by atomic mass is 79.9. The van der Waals surface area contributed by atoms with Crippen molar-refractivity contribution in [1.82, 2.24) is 0 Å². The van der Waals surface area contributed by atoms with E-state index in [1.54, 1.807) is 0 Å². The lowest BCUT2D eigenvalue weighted by molar-refractivity contribution is -0.142. The van der Waals surface area contributed by atoms with Gasteiger partial charge >= 0.3 is 5.97 Å². The van der Waals surface area contributed by atoms with Gasteiger partial charge in [0.05, 0.1) is 13.0 Å². The number of methoxy groups -OCH3 is 1. The van der Waals surface area contributed by atoms with Crippen molar-refractivity contribution in [1.29, 1.82) is 0 Å². The van der Waals surface area contributed by atoms with Crippen LogP contribution in [0.5, 0.6) is 0 Å². The predicted octanol–water partition coefficient (Wildman–Crippen LogP) is 5.03. The molecule has 0 unspecified atom stereocenters. The molecular weight excluding hydrogens is 447 g/mol. The lowest BCUT2D eigenvalue weighted by Gasteiger charge is -2.37. The Hall–Kier alpha value is -2.16. The Morgan fingerprint density at radius 3 is 2.10 bits per heavy atom. The zero-order valence-electron chi connectivity index (χ0n) is 16.1. The summed E-state index contributed by atoms with van der Waals surface area (Å²) in [6.45, 7) is 0. The summed E-state index contributed by atoms with van der Waals surface area (Å²) in [6.07, 6.45) is 1.44. The van der Waals surface area contributed by atoms with Crippen LogP contribution in [0.3, 0.4) is 0 Å². The molecule has 0 bridgehead atoms. The smallest absolute Gasteiger partial charge is 0.313 e. The standard InChI is InChI=1S/C24H22BrO3P/c1-28-24(26)23-21-16-18(25)14-12-17(21)13-15-22(23)29(27,19-8-4-2-5-9-19)20-10-6-3-7-11-20/h2-12,14,16,22-23H,13,15H2,1H3/t22-,23-/m1/s1. The summed E-state index contributed by atoms with van der Waals surface area (Å²) in [5.41, 5.74) is 1.67. The largest absolute Gasteiger partial charge is 0.469 e. The molecule has 3 nitrogen and oxygen atoms in total. The van der Waals surface area contributed by atoms with Crippen LogP contribution in [0.1, 0.15) is 23.5 Å². The number of carbonyl (C=O) groups excluding carboxylic acids is 1. The number of benzene rings is 3. The van der Waals surface area contributed by atoms with E-state index < -0.39 is 13.1 Å². The van der Waals surface area contributed by atoms with E-state index in [0.717, 1.165) is 32.6 Å². The van der Waals surface area contributed by atoms with Gasteiger partial charge in [-0.05, 0) is 36.1 Å². The molecule has 148 valence electrons. The summed E-state index contributed by atoms with van der Waals surface area (Å²) in [4.78, 5) is 13.0. The first-order valence-electron chi connectivity index (χ1n) is 9.63. The van der Waals surface area contributed by atoms with Crippen molar-refractivity contribution in [3.05, 3.63) is 94.5 Å². The molecule has 1 aliphatic carbocycles. The topological polar surface area (TPSA) is 43.4 Å². The highest BCUT2D eigenvalue weighted by Crippen LogP contribution is 2.57. The summed E-state index contributed by atoms with van der Waals surface area (Å²) in [6, 6.07) is 25.1. The van der Waals surface area contributed by atoms with E-state index in [9.17, 15) is 9.36 Å². The van der Waals surface area contributed by atoms with Gasteiger partial charge in [0.1, 0.15) is 7.14 Å². The van der Waals surface area contributed by atoms with Crippen molar-refractivity contribution in [2.45, 2.75) is 24.4 Å². The lowest BCUT2D eigenvalue weighted by atomic mass is 9.82. The molecule has 0 fully saturated rings. The Labute approximate surface area is 179 Å². The van der Waals surface area contributed by atoms with Crippen LogP contribution in [-0.2, 0) is 20.5 Å². The highest BCUT2D eigenvalue weighted by Gasteiger charge is 2.47. The van der Waals surface area contributed by atoms with Crippen LogP contribution in [0.2, 0.25) is 0 Å². The Balaban J connectivity index is 1.95. The third-order valence-corrected chi connectivity index (χ3v) is 9.85. The quantitative estimate of drug-likeness (QED) is 0.398. The fraction of sp³-hybridized carbons (Fsp3) is 0.208. The van der Waals surface area contributed by atoms with Gasteiger partial charge in [-0.15, -0.1) is 0 Å². The molecule has 4 rings (SSSR count). The number of hydrogen-bond acceptors (Lipinski definition) is 3. The van der Waals surface area contributed by atoms with Gasteiger partial charge in [-0.2, -0.15) is 0 Å². The molecule has 0 amide bonds. The number of hydrogen-bond donors (Lipinski definition) is 0. The van der Waals surface area contributed by atoms with E-state index in [-0.39, 0.29) is 11.6 Å². The molecule has 0 heterocycles. The third-order valence-electron chi connectivity index (χ3n) is 5.74. The summed E-state index contributed by atoms with van der Waals surface area (Å²) >= 11 is 3.53. The molecule has 5 heteroatoms. The van der Waals surface area contributed by atoms with Crippen molar-refractivity contribution >= 4 is 39.7 Å². The summed E-state index contributed by atoms with van der Waals surface area (Å²) in [5.74, 6) is -0.909. The first kappa shape index (κ1) is 20.1. The molecule has 3 aromatic rings. The van der Waals surface area contributed by atoms with Crippen LogP contribution in [0, 0.1) is 0 Å². The maximum absolute atomic E-state index is 14.9. The molecular formula is C24H22BrO3P. The van der Waals surface area contributed by atoms with Crippen molar-refractivity contribution < 1.29 is 14.1 Å². The predicted molar refractivity (Wildman–Crippen MR) is 121 cm³/mol. The minimum absolute atomic E-state index is 0.332. The fourth-order valence-corrected chi connectivity index (χ4v) is 8.26. The Morgan fingerprint density at radius 2 is 1.55 bits per heavy atom. The number of fused-ring (bicyclic) bond motifs is 1. The molecule has 0 N–H and O–H groups in total. The number of aryl methyl sites for hydroxylation is 1. The molecule has 1 aliphatic rings. The van der Waals surface area contributed by atoms with Crippen LogP contribution in [0.4, 0.5) is 0 Å². The average Bonchev–Trinajstić information content (AvgIpc) is 2.78. The highest BCUT2D eigenvalue weighted by molar-refractivity contribution is 9.10. The molecule has 3 aromatic carbocycles. The lowest BCUT2D eigenvalue weighted by Crippen LogP contribution is -2.37. The van der Waals surface area contributed by atoms with E-state index in [0.29, 0.717) is 6.42 Å². The van der Waals surface area contributed by atoms with Gasteiger partial charge in [-0.25, -0.2) is 0 Å². The van der Waals surface area contributed by atoms with E-state index in [2.05, 4.69) is 15.9 Å². The number of carbonyl (C=O) groups is 1. The maximum Gasteiger partial charge on any atom is 0.313 e. The maximum atomic E-state index is 14.9. The normalized spacial score (nSPS) is 18.7. The van der Waals surface area contributed by atoms with E-state index >= 15 is 0 Å². The second-order valence-corrected chi connectivity index (χ2v) is 11.2. The molecule has 0 radical (unpaired) electrons. The molecule has 0 spiro atoms. The number of halogens is 1. The second-order valence-electron chi connectivity index (χ2n) is 7.28. The SMILES string of the molecule is COC(=O)[C@@H]1c2cc(Br)ccc2CC[C@H]1P(=O)(c1ccccc1)c1ccccc1. The van der Waals surface area contributed by atoms with Crippen LogP contribution in [0.25, 0.3) is 0 Å². The minimum atomic E-state index is -3.11. The first-order valence-corrected chi connectivity index (χ1v) is 12.2. The van der Waals surface area contributed by atoms with Gasteiger partial charge in [0.2, 0.25) is 0 Å². The molecule has 0 saturated heterocycles. The van der Waals surface area contributed by atoms with Gasteiger partial charge in [0, 0.05) is 20.7 Å². The number of esters is 1. The second kappa shape index (κ2) is 8.30. The third kappa shape index (κ3) is 3.60. The van der Waals surface area contributed by atoms with Crippen molar-refractivity contribution in [3.8, 4) is 0 Å². The van der Waals surface area contributed by atoms with Crippen molar-refractivity contribution in [3.63, 3.8) is 0 Å². The van der Waals surface area contributed by atoms with Gasteiger partial charge in [0.15, 0.2) is 0 Å². The number of rotatable bonds is 4. The van der Waals surface area contributed by atoms with Crippen LogP contribution >= 0.6 is 23.1 Å². The van der Waals surface area contributed by atoms with Gasteiger partial charge in [-0.3, -0.25) is 4.79 Å². The summed E-state index contributed by atoms with van der Waals surface area (Å²) in [5, 5.41) is 1.56. The molecule has 0 aromatic heterocycles. The molecule has 2 atom stereocenters. The molecule has 0 saturated carbocycles. The van der Waals surface area contributed by atoms with Gasteiger partial charge in [-0.1, -0.05) is 82.7 Å².